The average molecular weight is 493 g/mol. The van der Waals surface area contributed by atoms with Crippen LogP contribution in [0.4, 0.5) is 0 Å². The fraction of sp³-hybridized carbons (Fsp3) is 0.333. The van der Waals surface area contributed by atoms with Gasteiger partial charge in [0.05, 0.1) is 41.5 Å². The van der Waals surface area contributed by atoms with Crippen LogP contribution in [0.1, 0.15) is 35.8 Å². The third kappa shape index (κ3) is 4.15. The summed E-state index contributed by atoms with van der Waals surface area (Å²) in [6, 6.07) is 11.2. The molecule has 0 saturated carbocycles. The summed E-state index contributed by atoms with van der Waals surface area (Å²) in [5.41, 5.74) is 8.28. The maximum atomic E-state index is 13.6. The van der Waals surface area contributed by atoms with Gasteiger partial charge >= 0.3 is 0 Å². The number of hydrogen-bond donors (Lipinski definition) is 1. The molecule has 2 aromatic carbocycles. The highest BCUT2D eigenvalue weighted by atomic mass is 16.5. The van der Waals surface area contributed by atoms with E-state index in [1.165, 1.54) is 21.3 Å². The van der Waals surface area contributed by atoms with E-state index in [9.17, 15) is 10.1 Å². The third-order valence-corrected chi connectivity index (χ3v) is 6.56. The van der Waals surface area contributed by atoms with Crippen molar-refractivity contribution in [3.8, 4) is 34.8 Å². The Kier molecular flexibility index (Phi) is 6.97. The Morgan fingerprint density at radius 3 is 2.03 bits per heavy atom. The minimum atomic E-state index is -0.730. The molecule has 4 rings (SSSR count). The van der Waals surface area contributed by atoms with Gasteiger partial charge in [0, 0.05) is 18.4 Å². The number of nitriles is 1. The van der Waals surface area contributed by atoms with Gasteiger partial charge < -0.3 is 34.2 Å². The largest absolute Gasteiger partial charge is 0.493 e. The van der Waals surface area contributed by atoms with Crippen molar-refractivity contribution in [1.29, 1.82) is 5.26 Å². The van der Waals surface area contributed by atoms with Crippen LogP contribution < -0.4 is 29.4 Å². The lowest BCUT2D eigenvalue weighted by Gasteiger charge is -2.34. The molecule has 0 spiro atoms. The van der Waals surface area contributed by atoms with Crippen molar-refractivity contribution >= 4 is 5.78 Å². The first-order valence-electron chi connectivity index (χ1n) is 11.3. The van der Waals surface area contributed by atoms with Gasteiger partial charge in [-0.3, -0.25) is 4.79 Å². The summed E-state index contributed by atoms with van der Waals surface area (Å²) in [6.07, 6.45) is 0.661. The van der Waals surface area contributed by atoms with Gasteiger partial charge in [-0.1, -0.05) is 6.07 Å². The topological polar surface area (TPSA) is 122 Å². The third-order valence-electron chi connectivity index (χ3n) is 6.56. The Labute approximate surface area is 209 Å². The van der Waals surface area contributed by atoms with Gasteiger partial charge in [0.1, 0.15) is 17.4 Å². The highest BCUT2D eigenvalue weighted by Crippen LogP contribution is 2.50. The van der Waals surface area contributed by atoms with Crippen LogP contribution in [0.3, 0.4) is 0 Å². The van der Waals surface area contributed by atoms with E-state index >= 15 is 0 Å². The Balaban J connectivity index is 1.81. The number of nitrogens with two attached hydrogens (primary N) is 1. The number of ether oxygens (including phenoxy) is 6. The van der Waals surface area contributed by atoms with Gasteiger partial charge in [0.2, 0.25) is 11.6 Å². The van der Waals surface area contributed by atoms with Gasteiger partial charge in [-0.05, 0) is 41.3 Å². The van der Waals surface area contributed by atoms with E-state index in [0.29, 0.717) is 52.1 Å². The fourth-order valence-electron chi connectivity index (χ4n) is 4.85. The lowest BCUT2D eigenvalue weighted by molar-refractivity contribution is -0.117. The minimum absolute atomic E-state index is 0.0317. The number of ketones is 1. The van der Waals surface area contributed by atoms with Crippen molar-refractivity contribution in [3.63, 3.8) is 0 Å². The van der Waals surface area contributed by atoms with Crippen LogP contribution in [-0.4, -0.2) is 41.3 Å². The molecular weight excluding hydrogens is 464 g/mol. The number of carbonyl (C=O) groups excluding carboxylic acids is 1. The van der Waals surface area contributed by atoms with Gasteiger partial charge in [0.15, 0.2) is 28.8 Å². The number of allylic oxidation sites excluding steroid dienone is 3. The normalized spacial score (nSPS) is 19.2. The summed E-state index contributed by atoms with van der Waals surface area (Å²) in [4.78, 5) is 13.6. The van der Waals surface area contributed by atoms with Crippen molar-refractivity contribution in [2.24, 2.45) is 5.73 Å². The number of rotatable bonds is 7. The first-order chi connectivity index (χ1) is 17.4. The first-order valence-corrected chi connectivity index (χ1v) is 11.3. The van der Waals surface area contributed by atoms with Crippen LogP contribution in [0.2, 0.25) is 0 Å². The summed E-state index contributed by atoms with van der Waals surface area (Å²) in [5.74, 6) is 1.79. The Morgan fingerprint density at radius 2 is 1.47 bits per heavy atom. The highest BCUT2D eigenvalue weighted by molar-refractivity contribution is 6.00. The SMILES string of the molecule is COc1ccc(C2CC(=O)C3=C(C2)OC(N)=C(C#N)C3c2cc(OC)c(OC)c(OC)c2)cc1OC. The summed E-state index contributed by atoms with van der Waals surface area (Å²) >= 11 is 0. The van der Waals surface area contributed by atoms with Crippen molar-refractivity contribution in [1.82, 2.24) is 0 Å². The molecule has 2 aliphatic rings. The summed E-state index contributed by atoms with van der Waals surface area (Å²) < 4.78 is 33.1. The number of Topliss-reactive ketones (excluding diaryl/α,β-unsaturated/α-hetero) is 1. The van der Waals surface area contributed by atoms with E-state index in [1.54, 1.807) is 26.4 Å². The van der Waals surface area contributed by atoms with Crippen LogP contribution in [0.15, 0.2) is 53.1 Å². The van der Waals surface area contributed by atoms with E-state index in [2.05, 4.69) is 6.07 Å². The molecule has 188 valence electrons. The monoisotopic (exact) mass is 492 g/mol. The number of benzene rings is 2. The van der Waals surface area contributed by atoms with Crippen LogP contribution in [0.25, 0.3) is 0 Å². The van der Waals surface area contributed by atoms with Gasteiger partial charge in [-0.15, -0.1) is 0 Å². The van der Waals surface area contributed by atoms with Crippen molar-refractivity contribution in [2.45, 2.75) is 24.7 Å². The molecule has 0 radical (unpaired) electrons. The van der Waals surface area contributed by atoms with Crippen molar-refractivity contribution in [2.75, 3.05) is 35.5 Å². The van der Waals surface area contributed by atoms with E-state index in [-0.39, 0.29) is 29.6 Å². The molecule has 1 aliphatic heterocycles. The highest BCUT2D eigenvalue weighted by Gasteiger charge is 2.41. The molecule has 0 aromatic heterocycles. The quantitative estimate of drug-likeness (QED) is 0.612. The van der Waals surface area contributed by atoms with Crippen molar-refractivity contribution in [3.05, 3.63) is 64.2 Å². The minimum Gasteiger partial charge on any atom is -0.493 e. The van der Waals surface area contributed by atoms with E-state index in [0.717, 1.165) is 5.56 Å². The summed E-state index contributed by atoms with van der Waals surface area (Å²) in [6.45, 7) is 0. The molecule has 2 N–H and O–H groups in total. The average Bonchev–Trinajstić information content (AvgIpc) is 2.90. The second-order valence-electron chi connectivity index (χ2n) is 8.36. The maximum Gasteiger partial charge on any atom is 0.205 e. The molecule has 0 bridgehead atoms. The zero-order valence-electron chi connectivity index (χ0n) is 20.8. The van der Waals surface area contributed by atoms with Crippen LogP contribution in [0.5, 0.6) is 28.7 Å². The molecule has 36 heavy (non-hydrogen) atoms. The number of hydrogen-bond acceptors (Lipinski definition) is 9. The molecule has 0 fully saturated rings. The lowest BCUT2D eigenvalue weighted by Crippen LogP contribution is -2.30. The molecule has 2 aromatic rings. The van der Waals surface area contributed by atoms with Gasteiger partial charge in [-0.2, -0.15) is 5.26 Å². The smallest absolute Gasteiger partial charge is 0.205 e. The Morgan fingerprint density at radius 1 is 0.861 bits per heavy atom. The predicted molar refractivity (Wildman–Crippen MR) is 130 cm³/mol. The number of methoxy groups -OCH3 is 5. The predicted octanol–water partition coefficient (Wildman–Crippen LogP) is 3.94. The summed E-state index contributed by atoms with van der Waals surface area (Å²) in [5, 5.41) is 9.95. The maximum absolute atomic E-state index is 13.6. The van der Waals surface area contributed by atoms with Crippen LogP contribution >= 0.6 is 0 Å². The van der Waals surface area contributed by atoms with Gasteiger partial charge in [-0.25, -0.2) is 0 Å². The molecular formula is C27H28N2O7. The molecule has 2 unspecified atom stereocenters. The second-order valence-corrected chi connectivity index (χ2v) is 8.36. The van der Waals surface area contributed by atoms with E-state index in [1.807, 2.05) is 18.2 Å². The molecule has 0 amide bonds. The summed E-state index contributed by atoms with van der Waals surface area (Å²) in [7, 11) is 7.65. The van der Waals surface area contributed by atoms with E-state index in [4.69, 9.17) is 34.2 Å². The zero-order chi connectivity index (χ0) is 26.0. The standard InChI is InChI=1S/C27H28N2O7/c1-31-19-7-6-14(9-20(19)32-2)15-8-18(30)25-21(10-15)36-27(29)17(13-28)24(25)16-11-22(33-3)26(35-5)23(12-16)34-4/h6-7,9,11-12,15,24H,8,10,29H2,1-5H3. The Hall–Kier alpha value is -4.32. The molecule has 0 saturated heterocycles. The zero-order valence-corrected chi connectivity index (χ0v) is 20.8. The molecule has 9 nitrogen and oxygen atoms in total. The Bertz CT molecular complexity index is 1280. The van der Waals surface area contributed by atoms with E-state index < -0.39 is 5.92 Å². The van der Waals surface area contributed by atoms with Crippen LogP contribution in [-0.2, 0) is 9.53 Å². The second kappa shape index (κ2) is 10.1. The fourth-order valence-corrected chi connectivity index (χ4v) is 4.85. The van der Waals surface area contributed by atoms with Gasteiger partial charge in [0.25, 0.3) is 0 Å². The molecule has 9 heteroatoms. The number of carbonyl (C=O) groups is 1. The number of nitrogens with zero attached hydrogens (tertiary/aromatic N) is 1. The molecule has 1 aliphatic carbocycles. The molecule has 1 heterocycles. The lowest BCUT2D eigenvalue weighted by atomic mass is 9.73. The molecule has 2 atom stereocenters. The van der Waals surface area contributed by atoms with Crippen LogP contribution in [0, 0.1) is 11.3 Å². The first kappa shape index (κ1) is 24.8. The van der Waals surface area contributed by atoms with Crippen molar-refractivity contribution < 1.29 is 33.2 Å².